The van der Waals surface area contributed by atoms with Crippen molar-refractivity contribution in [2.45, 2.75) is 121 Å². The molecule has 1 aromatic carbocycles. The average molecular weight is 569 g/mol. The summed E-state index contributed by atoms with van der Waals surface area (Å²) < 4.78 is 22.0. The molecule has 2 aliphatic carbocycles. The molecule has 2 saturated carbocycles. The highest BCUT2D eigenvalue weighted by atomic mass is 28.4. The topological polar surface area (TPSA) is 44.8 Å². The van der Waals surface area contributed by atoms with Crippen LogP contribution in [0, 0.1) is 23.7 Å². The Morgan fingerprint density at radius 3 is 2.36 bits per heavy atom. The van der Waals surface area contributed by atoms with Crippen molar-refractivity contribution in [2.75, 3.05) is 6.61 Å². The first-order valence-electron chi connectivity index (χ1n) is 15.3. The van der Waals surface area contributed by atoms with Crippen molar-refractivity contribution in [1.82, 2.24) is 0 Å². The van der Waals surface area contributed by atoms with E-state index >= 15 is 0 Å². The second-order valence-corrected chi connectivity index (χ2v) is 25.0. The van der Waals surface area contributed by atoms with Crippen molar-refractivity contribution in [1.29, 1.82) is 0 Å². The van der Waals surface area contributed by atoms with Gasteiger partial charge in [-0.15, -0.1) is 0 Å². The third kappa shape index (κ3) is 4.80. The van der Waals surface area contributed by atoms with Crippen molar-refractivity contribution in [2.24, 2.45) is 23.7 Å². The minimum Gasteiger partial charge on any atom is -0.414 e. The lowest BCUT2D eigenvalue weighted by Crippen LogP contribution is -2.67. The zero-order chi connectivity index (χ0) is 28.6. The monoisotopic (exact) mass is 568 g/mol. The number of ether oxygens (including phenoxy) is 1. The zero-order valence-electron chi connectivity index (χ0n) is 26.1. The van der Waals surface area contributed by atoms with E-state index in [0.29, 0.717) is 30.6 Å². The van der Waals surface area contributed by atoms with Crippen LogP contribution in [0.1, 0.15) is 72.3 Å². The molecule has 0 N–H and O–H groups in total. The molecule has 39 heavy (non-hydrogen) atoms. The van der Waals surface area contributed by atoms with Gasteiger partial charge in [0.05, 0.1) is 23.4 Å². The van der Waals surface area contributed by atoms with Crippen LogP contribution in [0.4, 0.5) is 0 Å². The molecule has 0 unspecified atom stereocenters. The first-order chi connectivity index (χ1) is 17.9. The minimum atomic E-state index is -2.01. The molecule has 2 saturated heterocycles. The van der Waals surface area contributed by atoms with Crippen LogP contribution >= 0.6 is 0 Å². The predicted molar refractivity (Wildman–Crippen MR) is 165 cm³/mol. The third-order valence-electron chi connectivity index (χ3n) is 11.0. The molecule has 4 fully saturated rings. The SMILES string of the molecule is C[C@@H]1C(=O)CC[C@@H]2C[C@@]3(CO[Si](C)(C)C(C)(C)C)C[C@]4(O[Si](C)(C)C)C(=Cc5ccccc5)[C@@H](C)C[C@H]4[C@]21O3. The van der Waals surface area contributed by atoms with Crippen LogP contribution in [-0.4, -0.2) is 45.8 Å². The number of carbonyl (C=O) groups is 1. The smallest absolute Gasteiger partial charge is 0.192 e. The number of ketones is 1. The summed E-state index contributed by atoms with van der Waals surface area (Å²) in [5.74, 6) is 1.16. The van der Waals surface area contributed by atoms with Crippen molar-refractivity contribution in [3.63, 3.8) is 0 Å². The van der Waals surface area contributed by atoms with E-state index in [2.05, 4.69) is 104 Å². The Bertz CT molecular complexity index is 1130. The molecule has 0 radical (unpaired) electrons. The molecule has 6 heteroatoms. The van der Waals surface area contributed by atoms with Gasteiger partial charge >= 0.3 is 0 Å². The molecule has 7 atom stereocenters. The Balaban J connectivity index is 1.68. The van der Waals surface area contributed by atoms with Crippen molar-refractivity contribution in [3.05, 3.63) is 41.5 Å². The van der Waals surface area contributed by atoms with E-state index in [1.165, 1.54) is 11.1 Å². The fourth-order valence-corrected chi connectivity index (χ4v) is 10.8. The van der Waals surface area contributed by atoms with E-state index in [0.717, 1.165) is 25.7 Å². The van der Waals surface area contributed by atoms with E-state index < -0.39 is 33.4 Å². The Labute approximate surface area is 239 Å². The van der Waals surface area contributed by atoms with Gasteiger partial charge in [-0.05, 0) is 80.0 Å². The van der Waals surface area contributed by atoms with Gasteiger partial charge in [0.1, 0.15) is 5.78 Å². The lowest BCUT2D eigenvalue weighted by atomic mass is 9.59. The number of fused-ring (bicyclic) bond motifs is 2. The van der Waals surface area contributed by atoms with E-state index in [9.17, 15) is 4.79 Å². The van der Waals surface area contributed by atoms with E-state index in [-0.39, 0.29) is 16.9 Å². The summed E-state index contributed by atoms with van der Waals surface area (Å²) in [6, 6.07) is 10.7. The molecule has 0 aromatic heterocycles. The molecule has 2 bridgehead atoms. The molecule has 5 rings (SSSR count). The van der Waals surface area contributed by atoms with Gasteiger partial charge in [0.2, 0.25) is 0 Å². The fraction of sp³-hybridized carbons (Fsp3) is 0.727. The predicted octanol–water partition coefficient (Wildman–Crippen LogP) is 8.25. The Hall–Kier alpha value is -1.06. The van der Waals surface area contributed by atoms with Crippen LogP contribution in [0.15, 0.2) is 35.9 Å². The largest absolute Gasteiger partial charge is 0.414 e. The molecule has 216 valence electrons. The van der Waals surface area contributed by atoms with Gasteiger partial charge in [-0.2, -0.15) is 0 Å². The number of carbonyl (C=O) groups excluding carboxylic acids is 1. The van der Waals surface area contributed by atoms with E-state index in [4.69, 9.17) is 13.6 Å². The van der Waals surface area contributed by atoms with Crippen molar-refractivity contribution in [3.8, 4) is 0 Å². The maximum atomic E-state index is 13.5. The van der Waals surface area contributed by atoms with Gasteiger partial charge in [0, 0.05) is 24.7 Å². The summed E-state index contributed by atoms with van der Waals surface area (Å²) in [5, 5.41) is 0.125. The molecule has 2 heterocycles. The summed E-state index contributed by atoms with van der Waals surface area (Å²) in [6.07, 6.45) is 6.82. The highest BCUT2D eigenvalue weighted by Gasteiger charge is 2.76. The first-order valence-corrected chi connectivity index (χ1v) is 21.6. The van der Waals surface area contributed by atoms with E-state index in [1.807, 2.05) is 0 Å². The first kappa shape index (κ1) is 29.4. The van der Waals surface area contributed by atoms with Gasteiger partial charge in [0.25, 0.3) is 0 Å². The summed E-state index contributed by atoms with van der Waals surface area (Å²) in [5.41, 5.74) is 1.28. The average Bonchev–Trinajstić information content (AvgIpc) is 3.26. The quantitative estimate of drug-likeness (QED) is 0.324. The van der Waals surface area contributed by atoms with Crippen molar-refractivity contribution < 1.29 is 18.4 Å². The van der Waals surface area contributed by atoms with E-state index in [1.54, 1.807) is 0 Å². The molecule has 0 amide bonds. The van der Waals surface area contributed by atoms with Crippen LogP contribution in [-0.2, 0) is 18.4 Å². The Morgan fingerprint density at radius 2 is 1.74 bits per heavy atom. The standard InChI is InChI=1S/C33H52O4Si2/c1-23-18-29-32(37-38(6,7)8,27(23)19-25-14-12-11-13-15-25)21-31(22-35-39(9,10)30(3,4)5)20-26-16-17-28(34)24(2)33(26,29)36-31/h11-15,19,23-24,26,29H,16-18,20-22H2,1-10H3/t23-,24+,26+,29+,31-,32-,33+/m0/s1. The fourth-order valence-electron chi connectivity index (χ4n) is 8.34. The minimum absolute atomic E-state index is 0.121. The Kier molecular flexibility index (Phi) is 7.16. The van der Waals surface area contributed by atoms with Crippen LogP contribution in [0.3, 0.4) is 0 Å². The van der Waals surface area contributed by atoms with Crippen LogP contribution < -0.4 is 0 Å². The number of benzene rings is 1. The maximum absolute atomic E-state index is 13.5. The molecule has 1 aromatic rings. The van der Waals surface area contributed by atoms with Crippen LogP contribution in [0.25, 0.3) is 6.08 Å². The number of rotatable bonds is 6. The number of hydrogen-bond acceptors (Lipinski definition) is 4. The van der Waals surface area contributed by atoms with Crippen molar-refractivity contribution >= 4 is 28.5 Å². The Morgan fingerprint density at radius 1 is 1.08 bits per heavy atom. The van der Waals surface area contributed by atoms with Gasteiger partial charge in [-0.3, -0.25) is 4.79 Å². The molecular weight excluding hydrogens is 517 g/mol. The number of Topliss-reactive ketones (excluding diaryl/α,β-unsaturated/α-hetero) is 1. The summed E-state index contributed by atoms with van der Waals surface area (Å²) in [4.78, 5) is 13.5. The third-order valence-corrected chi connectivity index (χ3v) is 16.4. The van der Waals surface area contributed by atoms with Gasteiger partial charge in [-0.25, -0.2) is 0 Å². The molecule has 1 spiro atoms. The zero-order valence-corrected chi connectivity index (χ0v) is 28.1. The molecular formula is C33H52O4Si2. The summed E-state index contributed by atoms with van der Waals surface area (Å²) in [6.45, 7) is 23.7. The van der Waals surface area contributed by atoms with Gasteiger partial charge in [0.15, 0.2) is 16.6 Å². The highest BCUT2D eigenvalue weighted by molar-refractivity contribution is 6.74. The second kappa shape index (κ2) is 9.48. The molecule has 4 aliphatic rings. The van der Waals surface area contributed by atoms with Gasteiger partial charge in [-0.1, -0.05) is 71.0 Å². The highest BCUT2D eigenvalue weighted by Crippen LogP contribution is 2.70. The summed E-state index contributed by atoms with van der Waals surface area (Å²) >= 11 is 0. The normalized spacial score (nSPS) is 39.6. The number of hydrogen-bond donors (Lipinski definition) is 0. The van der Waals surface area contributed by atoms with Crippen LogP contribution in [0.2, 0.25) is 37.8 Å². The maximum Gasteiger partial charge on any atom is 0.192 e. The lowest BCUT2D eigenvalue weighted by Gasteiger charge is -2.59. The lowest BCUT2D eigenvalue weighted by molar-refractivity contribution is -0.255. The molecule has 2 aliphatic heterocycles. The summed E-state index contributed by atoms with van der Waals surface area (Å²) in [7, 11) is -4.00. The van der Waals surface area contributed by atoms with Gasteiger partial charge < -0.3 is 13.6 Å². The van der Waals surface area contributed by atoms with Crippen LogP contribution in [0.5, 0.6) is 0 Å². The molecule has 4 nitrogen and oxygen atoms in total. The second-order valence-electron chi connectivity index (χ2n) is 15.8.